The molecule has 0 saturated carbocycles. The molecule has 1 atom stereocenters. The zero-order valence-corrected chi connectivity index (χ0v) is 22.3. The van der Waals surface area contributed by atoms with Gasteiger partial charge in [0.2, 0.25) is 0 Å². The number of benzene rings is 1. The molecular weight excluding hydrogens is 494 g/mol. The van der Waals surface area contributed by atoms with Crippen LogP contribution in [-0.2, 0) is 20.1 Å². The highest BCUT2D eigenvalue weighted by atomic mass is 35.5. The Morgan fingerprint density at radius 1 is 1.19 bits per heavy atom. The number of likely N-dealkylation sites (N-methyl/N-ethyl adjacent to an activating group) is 1. The molecule has 0 saturated heterocycles. The molecule has 194 valence electrons. The van der Waals surface area contributed by atoms with Crippen LogP contribution in [0.2, 0.25) is 5.02 Å². The number of aryl methyl sites for hydroxylation is 2. The number of aliphatic hydroxyl groups excluding tert-OH is 1. The number of nitrogens with one attached hydrogen (secondary N) is 1. The van der Waals surface area contributed by atoms with Gasteiger partial charge in [0.15, 0.2) is 5.82 Å². The highest BCUT2D eigenvalue weighted by Crippen LogP contribution is 2.38. The molecule has 1 aliphatic rings. The normalized spacial score (nSPS) is 13.8. The third-order valence-electron chi connectivity index (χ3n) is 6.72. The SMILES string of the molecule is CNC[C@@H](O)COc1ccc(Cl)c(-c2nc(-c3conc3C)c(C)c(N3Cc4nn(C)c(C)c4C3)n2)c1. The highest BCUT2D eigenvalue weighted by Gasteiger charge is 2.29. The van der Waals surface area contributed by atoms with E-state index in [1.807, 2.05) is 25.6 Å². The second-order valence-electron chi connectivity index (χ2n) is 9.31. The molecule has 3 aromatic heterocycles. The molecule has 2 N–H and O–H groups in total. The lowest BCUT2D eigenvalue weighted by Gasteiger charge is -2.22. The van der Waals surface area contributed by atoms with E-state index < -0.39 is 6.10 Å². The first-order chi connectivity index (χ1) is 17.8. The maximum absolute atomic E-state index is 10.0. The van der Waals surface area contributed by atoms with Crippen molar-refractivity contribution in [1.29, 1.82) is 0 Å². The number of hydrogen-bond donors (Lipinski definition) is 2. The van der Waals surface area contributed by atoms with E-state index in [1.165, 1.54) is 5.56 Å². The van der Waals surface area contributed by atoms with E-state index in [0.29, 0.717) is 41.8 Å². The van der Waals surface area contributed by atoms with Gasteiger partial charge in [-0.15, -0.1) is 0 Å². The summed E-state index contributed by atoms with van der Waals surface area (Å²) in [5, 5.41) is 22.2. The summed E-state index contributed by atoms with van der Waals surface area (Å²) in [6.07, 6.45) is 0.969. The standard InChI is InChI=1S/C26H30ClN7O3/c1-14-24(21-13-37-32-15(21)2)29-25(19-8-18(6-7-22(19)27)36-12-17(35)9-28-4)30-26(14)34-10-20-16(3)33(5)31-23(20)11-34/h6-8,13,17,28,35H,9-12H2,1-5H3/t17-/m1/s1. The summed E-state index contributed by atoms with van der Waals surface area (Å²) in [5.74, 6) is 1.83. The van der Waals surface area contributed by atoms with Gasteiger partial charge in [0.25, 0.3) is 0 Å². The van der Waals surface area contributed by atoms with E-state index in [9.17, 15) is 5.11 Å². The average molecular weight is 524 g/mol. The van der Waals surface area contributed by atoms with Crippen LogP contribution in [0, 0.1) is 20.8 Å². The van der Waals surface area contributed by atoms with Crippen molar-refractivity contribution < 1.29 is 14.4 Å². The third kappa shape index (κ3) is 4.79. The van der Waals surface area contributed by atoms with Gasteiger partial charge in [-0.3, -0.25) is 4.68 Å². The number of aromatic nitrogens is 5. The first-order valence-corrected chi connectivity index (χ1v) is 12.5. The van der Waals surface area contributed by atoms with Gasteiger partial charge >= 0.3 is 0 Å². The van der Waals surface area contributed by atoms with Crippen LogP contribution in [0.25, 0.3) is 22.6 Å². The van der Waals surface area contributed by atoms with Crippen molar-refractivity contribution in [2.24, 2.45) is 7.05 Å². The minimum Gasteiger partial charge on any atom is -0.491 e. The van der Waals surface area contributed by atoms with Crippen molar-refractivity contribution in [2.75, 3.05) is 25.1 Å². The minimum atomic E-state index is -0.635. The lowest BCUT2D eigenvalue weighted by atomic mass is 10.1. The van der Waals surface area contributed by atoms with E-state index in [-0.39, 0.29) is 6.61 Å². The summed E-state index contributed by atoms with van der Waals surface area (Å²) < 4.78 is 13.0. The molecule has 4 heterocycles. The third-order valence-corrected chi connectivity index (χ3v) is 7.05. The molecule has 1 aliphatic heterocycles. The number of hydrogen-bond acceptors (Lipinski definition) is 9. The fourth-order valence-electron chi connectivity index (χ4n) is 4.60. The monoisotopic (exact) mass is 523 g/mol. The number of halogens is 1. The topological polar surface area (TPSA) is 114 Å². The van der Waals surface area contributed by atoms with E-state index in [2.05, 4.69) is 27.4 Å². The van der Waals surface area contributed by atoms with Crippen LogP contribution >= 0.6 is 11.6 Å². The minimum absolute atomic E-state index is 0.145. The summed E-state index contributed by atoms with van der Waals surface area (Å²) in [6, 6.07) is 5.32. The lowest BCUT2D eigenvalue weighted by molar-refractivity contribution is 0.108. The zero-order chi connectivity index (χ0) is 26.3. The van der Waals surface area contributed by atoms with Crippen molar-refractivity contribution in [3.63, 3.8) is 0 Å². The largest absolute Gasteiger partial charge is 0.491 e. The van der Waals surface area contributed by atoms with Gasteiger partial charge < -0.3 is 24.6 Å². The fraction of sp³-hybridized carbons (Fsp3) is 0.385. The second-order valence-corrected chi connectivity index (χ2v) is 9.72. The molecule has 1 aromatic carbocycles. The Hall–Kier alpha value is -3.47. The molecule has 5 rings (SSSR count). The van der Waals surface area contributed by atoms with Gasteiger partial charge in [-0.1, -0.05) is 16.8 Å². The molecule has 0 aliphatic carbocycles. The summed E-state index contributed by atoms with van der Waals surface area (Å²) in [4.78, 5) is 12.1. The van der Waals surface area contributed by atoms with Crippen molar-refractivity contribution in [3.8, 4) is 28.4 Å². The van der Waals surface area contributed by atoms with E-state index in [1.54, 1.807) is 31.5 Å². The molecule has 11 heteroatoms. The Labute approximate surface area is 220 Å². The summed E-state index contributed by atoms with van der Waals surface area (Å²) >= 11 is 6.65. The first-order valence-electron chi connectivity index (χ1n) is 12.1. The Morgan fingerprint density at radius 3 is 2.70 bits per heavy atom. The van der Waals surface area contributed by atoms with Crippen LogP contribution < -0.4 is 15.0 Å². The van der Waals surface area contributed by atoms with E-state index in [4.69, 9.17) is 30.8 Å². The molecule has 0 amide bonds. The van der Waals surface area contributed by atoms with Crippen LogP contribution in [0.3, 0.4) is 0 Å². The van der Waals surface area contributed by atoms with E-state index >= 15 is 0 Å². The summed E-state index contributed by atoms with van der Waals surface area (Å²) in [6.45, 7) is 7.90. The average Bonchev–Trinajstić information content (AvgIpc) is 3.55. The molecule has 0 bridgehead atoms. The molecular formula is C26H30ClN7O3. The van der Waals surface area contributed by atoms with Gasteiger partial charge in [-0.05, 0) is 46.0 Å². The number of rotatable bonds is 8. The number of nitrogens with zero attached hydrogens (tertiary/aromatic N) is 6. The van der Waals surface area contributed by atoms with Crippen LogP contribution in [0.5, 0.6) is 5.75 Å². The number of aliphatic hydroxyl groups is 1. The Bertz CT molecular complexity index is 1450. The molecule has 37 heavy (non-hydrogen) atoms. The number of ether oxygens (including phenoxy) is 1. The molecule has 4 aromatic rings. The van der Waals surface area contributed by atoms with Crippen molar-refractivity contribution in [2.45, 2.75) is 40.0 Å². The quantitative estimate of drug-likeness (QED) is 0.357. The van der Waals surface area contributed by atoms with Crippen LogP contribution in [0.15, 0.2) is 29.0 Å². The van der Waals surface area contributed by atoms with Crippen molar-refractivity contribution in [1.82, 2.24) is 30.2 Å². The number of anilines is 1. The zero-order valence-electron chi connectivity index (χ0n) is 21.5. The first kappa shape index (κ1) is 25.2. The smallest absolute Gasteiger partial charge is 0.163 e. The second kappa shape index (κ2) is 10.1. The van der Waals surface area contributed by atoms with Crippen molar-refractivity contribution in [3.05, 3.63) is 57.7 Å². The predicted octanol–water partition coefficient (Wildman–Crippen LogP) is 3.59. The highest BCUT2D eigenvalue weighted by molar-refractivity contribution is 6.33. The van der Waals surface area contributed by atoms with Crippen LogP contribution in [-0.4, -0.2) is 56.3 Å². The maximum Gasteiger partial charge on any atom is 0.163 e. The maximum atomic E-state index is 10.0. The van der Waals surface area contributed by atoms with Gasteiger partial charge in [0.05, 0.1) is 34.2 Å². The Kier molecular flexibility index (Phi) is 6.89. The van der Waals surface area contributed by atoms with Crippen molar-refractivity contribution >= 4 is 17.4 Å². The fourth-order valence-corrected chi connectivity index (χ4v) is 4.80. The van der Waals surface area contributed by atoms with Gasteiger partial charge in [0, 0.05) is 42.5 Å². The van der Waals surface area contributed by atoms with Gasteiger partial charge in [-0.2, -0.15) is 5.10 Å². The summed E-state index contributed by atoms with van der Waals surface area (Å²) in [5.41, 5.74) is 7.23. The predicted molar refractivity (Wildman–Crippen MR) is 141 cm³/mol. The van der Waals surface area contributed by atoms with Crippen LogP contribution in [0.1, 0.15) is 28.2 Å². The number of fused-ring (bicyclic) bond motifs is 1. The lowest BCUT2D eigenvalue weighted by Crippen LogP contribution is -2.29. The molecule has 0 fully saturated rings. The summed E-state index contributed by atoms with van der Waals surface area (Å²) in [7, 11) is 3.74. The molecule has 0 radical (unpaired) electrons. The molecule has 0 unspecified atom stereocenters. The van der Waals surface area contributed by atoms with Gasteiger partial charge in [-0.25, -0.2) is 9.97 Å². The van der Waals surface area contributed by atoms with E-state index in [0.717, 1.165) is 39.7 Å². The Balaban J connectivity index is 1.57. The molecule has 0 spiro atoms. The van der Waals surface area contributed by atoms with Gasteiger partial charge in [0.1, 0.15) is 30.5 Å². The van der Waals surface area contributed by atoms with Crippen LogP contribution in [0.4, 0.5) is 5.82 Å². The molecule has 10 nitrogen and oxygen atoms in total. The Morgan fingerprint density at radius 2 is 2.00 bits per heavy atom.